The summed E-state index contributed by atoms with van der Waals surface area (Å²) in [4.78, 5) is 23.8. The van der Waals surface area contributed by atoms with E-state index in [4.69, 9.17) is 5.73 Å². The first-order chi connectivity index (χ1) is 7.41. The standard InChI is InChI=1S/C11H14N2O3/c1-7-5-8(14)3-4-9(7)11(16)13(2)6-10(12)15/h3-5,14H,6H2,1-2H3,(H2,12,15). The zero-order chi connectivity index (χ0) is 12.3. The fourth-order valence-corrected chi connectivity index (χ4v) is 1.40. The van der Waals surface area contributed by atoms with E-state index in [9.17, 15) is 14.7 Å². The van der Waals surface area contributed by atoms with Crippen molar-refractivity contribution in [1.82, 2.24) is 4.90 Å². The van der Waals surface area contributed by atoms with E-state index in [1.807, 2.05) is 0 Å². The number of carbonyl (C=O) groups excluding carboxylic acids is 2. The Morgan fingerprint density at radius 1 is 1.44 bits per heavy atom. The minimum Gasteiger partial charge on any atom is -0.508 e. The SMILES string of the molecule is Cc1cc(O)ccc1C(=O)N(C)CC(N)=O. The minimum atomic E-state index is -0.563. The van der Waals surface area contributed by atoms with Gasteiger partial charge in [-0.2, -0.15) is 0 Å². The van der Waals surface area contributed by atoms with Crippen molar-refractivity contribution in [2.45, 2.75) is 6.92 Å². The number of hydrogen-bond donors (Lipinski definition) is 2. The van der Waals surface area contributed by atoms with Gasteiger partial charge in [-0.1, -0.05) is 0 Å². The quantitative estimate of drug-likeness (QED) is 0.769. The second-order valence-corrected chi connectivity index (χ2v) is 3.63. The number of rotatable bonds is 3. The fourth-order valence-electron chi connectivity index (χ4n) is 1.40. The molecule has 16 heavy (non-hydrogen) atoms. The number of likely N-dealkylation sites (N-methyl/N-ethyl adjacent to an activating group) is 1. The topological polar surface area (TPSA) is 83.6 Å². The molecule has 0 aliphatic carbocycles. The van der Waals surface area contributed by atoms with Crippen LogP contribution in [0, 0.1) is 6.92 Å². The molecule has 1 rings (SSSR count). The zero-order valence-electron chi connectivity index (χ0n) is 9.23. The summed E-state index contributed by atoms with van der Waals surface area (Å²) in [6, 6.07) is 4.44. The molecule has 1 aromatic carbocycles. The highest BCUT2D eigenvalue weighted by molar-refractivity contribution is 5.97. The number of amides is 2. The van der Waals surface area contributed by atoms with Crippen LogP contribution in [0.3, 0.4) is 0 Å². The van der Waals surface area contributed by atoms with Gasteiger partial charge in [0.25, 0.3) is 5.91 Å². The highest BCUT2D eigenvalue weighted by atomic mass is 16.3. The number of aryl methyl sites for hydroxylation is 1. The average Bonchev–Trinajstić information content (AvgIpc) is 2.15. The van der Waals surface area contributed by atoms with Gasteiger partial charge >= 0.3 is 0 Å². The lowest BCUT2D eigenvalue weighted by molar-refractivity contribution is -0.118. The molecule has 5 nitrogen and oxygen atoms in total. The Morgan fingerprint density at radius 3 is 2.56 bits per heavy atom. The monoisotopic (exact) mass is 222 g/mol. The molecule has 2 amide bonds. The summed E-state index contributed by atoms with van der Waals surface area (Å²) >= 11 is 0. The average molecular weight is 222 g/mol. The third kappa shape index (κ3) is 2.73. The van der Waals surface area contributed by atoms with Gasteiger partial charge in [0.1, 0.15) is 5.75 Å². The number of aromatic hydroxyl groups is 1. The lowest BCUT2D eigenvalue weighted by Crippen LogP contribution is -2.35. The number of nitrogens with zero attached hydrogens (tertiary/aromatic N) is 1. The van der Waals surface area contributed by atoms with Gasteiger partial charge < -0.3 is 15.7 Å². The second-order valence-electron chi connectivity index (χ2n) is 3.63. The van der Waals surface area contributed by atoms with E-state index in [0.29, 0.717) is 11.1 Å². The Labute approximate surface area is 93.5 Å². The number of hydrogen-bond acceptors (Lipinski definition) is 3. The van der Waals surface area contributed by atoms with Crippen LogP contribution in [0.15, 0.2) is 18.2 Å². The lowest BCUT2D eigenvalue weighted by Gasteiger charge is -2.16. The number of nitrogens with two attached hydrogens (primary N) is 1. The molecule has 1 aromatic rings. The second kappa shape index (κ2) is 4.65. The van der Waals surface area contributed by atoms with Crippen molar-refractivity contribution < 1.29 is 14.7 Å². The van der Waals surface area contributed by atoms with Crippen LogP contribution < -0.4 is 5.73 Å². The molecular weight excluding hydrogens is 208 g/mol. The van der Waals surface area contributed by atoms with E-state index in [0.717, 1.165) is 0 Å². The van der Waals surface area contributed by atoms with Crippen molar-refractivity contribution >= 4 is 11.8 Å². The summed E-state index contributed by atoms with van der Waals surface area (Å²) in [7, 11) is 1.50. The molecule has 0 aliphatic rings. The number of phenols is 1. The van der Waals surface area contributed by atoms with Gasteiger partial charge in [0.15, 0.2) is 0 Å². The Kier molecular flexibility index (Phi) is 3.50. The van der Waals surface area contributed by atoms with Crippen LogP contribution in [0.1, 0.15) is 15.9 Å². The first-order valence-electron chi connectivity index (χ1n) is 4.75. The number of carbonyl (C=O) groups is 2. The van der Waals surface area contributed by atoms with Crippen LogP contribution in [0.5, 0.6) is 5.75 Å². The molecule has 0 unspecified atom stereocenters. The van der Waals surface area contributed by atoms with Crippen molar-refractivity contribution in [1.29, 1.82) is 0 Å². The molecule has 0 heterocycles. The summed E-state index contributed by atoms with van der Waals surface area (Å²) in [5.41, 5.74) is 6.10. The largest absolute Gasteiger partial charge is 0.508 e. The molecule has 0 bridgehead atoms. The van der Waals surface area contributed by atoms with E-state index >= 15 is 0 Å². The van der Waals surface area contributed by atoms with E-state index in [1.165, 1.54) is 30.1 Å². The predicted molar refractivity (Wildman–Crippen MR) is 59.0 cm³/mol. The zero-order valence-corrected chi connectivity index (χ0v) is 9.23. The number of primary amides is 1. The molecule has 0 aliphatic heterocycles. The molecule has 0 atom stereocenters. The summed E-state index contributed by atoms with van der Waals surface area (Å²) in [6.07, 6.45) is 0. The van der Waals surface area contributed by atoms with Gasteiger partial charge in [-0.3, -0.25) is 9.59 Å². The smallest absolute Gasteiger partial charge is 0.254 e. The Balaban J connectivity index is 2.92. The highest BCUT2D eigenvalue weighted by Gasteiger charge is 2.15. The van der Waals surface area contributed by atoms with Gasteiger partial charge in [-0.05, 0) is 30.7 Å². The third-order valence-corrected chi connectivity index (χ3v) is 2.18. The molecular formula is C11H14N2O3. The Morgan fingerprint density at radius 2 is 2.06 bits per heavy atom. The predicted octanol–water partition coefficient (Wildman–Crippen LogP) is 0.258. The van der Waals surface area contributed by atoms with Gasteiger partial charge in [-0.25, -0.2) is 0 Å². The molecule has 86 valence electrons. The van der Waals surface area contributed by atoms with Gasteiger partial charge in [0.05, 0.1) is 6.54 Å². The van der Waals surface area contributed by atoms with Crippen molar-refractivity contribution in [3.8, 4) is 5.75 Å². The van der Waals surface area contributed by atoms with Gasteiger partial charge in [0, 0.05) is 12.6 Å². The fraction of sp³-hybridized carbons (Fsp3) is 0.273. The number of phenolic OH excluding ortho intramolecular Hbond substituents is 1. The van der Waals surface area contributed by atoms with Crippen molar-refractivity contribution in [3.05, 3.63) is 29.3 Å². The molecule has 0 saturated heterocycles. The van der Waals surface area contributed by atoms with Crippen molar-refractivity contribution in [3.63, 3.8) is 0 Å². The van der Waals surface area contributed by atoms with Crippen LogP contribution in [-0.4, -0.2) is 35.4 Å². The van der Waals surface area contributed by atoms with Crippen LogP contribution in [0.4, 0.5) is 0 Å². The molecule has 0 aromatic heterocycles. The van der Waals surface area contributed by atoms with Crippen molar-refractivity contribution in [2.24, 2.45) is 5.73 Å². The number of benzene rings is 1. The van der Waals surface area contributed by atoms with Gasteiger partial charge in [0.2, 0.25) is 5.91 Å². The van der Waals surface area contributed by atoms with E-state index < -0.39 is 5.91 Å². The maximum Gasteiger partial charge on any atom is 0.254 e. The Hall–Kier alpha value is -2.04. The summed E-state index contributed by atoms with van der Waals surface area (Å²) in [5, 5.41) is 9.20. The van der Waals surface area contributed by atoms with Crippen molar-refractivity contribution in [2.75, 3.05) is 13.6 Å². The maximum absolute atomic E-state index is 11.8. The third-order valence-electron chi connectivity index (χ3n) is 2.18. The van der Waals surface area contributed by atoms with E-state index in [1.54, 1.807) is 6.92 Å². The minimum absolute atomic E-state index is 0.103. The summed E-state index contributed by atoms with van der Waals surface area (Å²) in [6.45, 7) is 1.59. The van der Waals surface area contributed by atoms with E-state index in [-0.39, 0.29) is 18.2 Å². The Bertz CT molecular complexity index is 429. The maximum atomic E-state index is 11.8. The van der Waals surface area contributed by atoms with Gasteiger partial charge in [-0.15, -0.1) is 0 Å². The van der Waals surface area contributed by atoms with Crippen LogP contribution >= 0.6 is 0 Å². The normalized spacial score (nSPS) is 9.88. The molecule has 0 saturated carbocycles. The first-order valence-corrected chi connectivity index (χ1v) is 4.75. The van der Waals surface area contributed by atoms with Crippen LogP contribution in [0.25, 0.3) is 0 Å². The molecule has 0 fully saturated rings. The molecule has 3 N–H and O–H groups in total. The lowest BCUT2D eigenvalue weighted by atomic mass is 10.1. The summed E-state index contributed by atoms with van der Waals surface area (Å²) in [5.74, 6) is -0.754. The molecule has 5 heteroatoms. The van der Waals surface area contributed by atoms with Crippen LogP contribution in [-0.2, 0) is 4.79 Å². The molecule has 0 spiro atoms. The summed E-state index contributed by atoms with van der Waals surface area (Å²) < 4.78 is 0. The first kappa shape index (κ1) is 12.0. The highest BCUT2D eigenvalue weighted by Crippen LogP contribution is 2.16. The van der Waals surface area contributed by atoms with E-state index in [2.05, 4.69) is 0 Å². The van der Waals surface area contributed by atoms with Crippen LogP contribution in [0.2, 0.25) is 0 Å². The molecule has 0 radical (unpaired) electrons.